The normalized spacial score (nSPS) is 20.1. The lowest BCUT2D eigenvalue weighted by atomic mass is 10.0. The summed E-state index contributed by atoms with van der Waals surface area (Å²) in [6.07, 6.45) is 10.1. The molecule has 2 N–H and O–H groups in total. The number of nitrogens with zero attached hydrogens (tertiary/aromatic N) is 6. The molecular weight excluding hydrogens is 430 g/mol. The molecule has 0 aromatic carbocycles. The van der Waals surface area contributed by atoms with Crippen molar-refractivity contribution in [2.24, 2.45) is 0 Å². The maximum atomic E-state index is 6.69. The summed E-state index contributed by atoms with van der Waals surface area (Å²) in [5.41, 5.74) is 8.60. The molecule has 2 fully saturated rings. The van der Waals surface area contributed by atoms with E-state index < -0.39 is 0 Å². The zero-order chi connectivity index (χ0) is 23.9. The molecule has 3 heterocycles. The highest BCUT2D eigenvalue weighted by atomic mass is 16.5. The first-order valence-electron chi connectivity index (χ1n) is 12.3. The third-order valence-corrected chi connectivity index (χ3v) is 6.62. The number of methoxy groups -OCH3 is 1. The van der Waals surface area contributed by atoms with Crippen LogP contribution in [0, 0.1) is 0 Å². The van der Waals surface area contributed by atoms with Gasteiger partial charge < -0.3 is 29.9 Å². The SMILES string of the molecule is COC1=CC=C(/C=C/c2nc(N3CCOCC3)c(N)c(N3CCN(CCN(C)C)CC3)n2)CC1. The molecule has 0 bridgehead atoms. The number of hydrogen-bond acceptors (Lipinski definition) is 9. The smallest absolute Gasteiger partial charge is 0.158 e. The van der Waals surface area contributed by atoms with Crippen molar-refractivity contribution in [1.82, 2.24) is 19.8 Å². The molecular formula is C25H39N7O2. The van der Waals surface area contributed by atoms with Crippen molar-refractivity contribution < 1.29 is 9.47 Å². The fraction of sp³-hybridized carbons (Fsp3) is 0.600. The third-order valence-electron chi connectivity index (χ3n) is 6.62. The van der Waals surface area contributed by atoms with E-state index in [1.807, 2.05) is 12.2 Å². The lowest BCUT2D eigenvalue weighted by Crippen LogP contribution is -2.48. The van der Waals surface area contributed by atoms with Crippen molar-refractivity contribution in [1.29, 1.82) is 0 Å². The number of hydrogen-bond donors (Lipinski definition) is 1. The minimum absolute atomic E-state index is 0.672. The minimum atomic E-state index is 0.672. The van der Waals surface area contributed by atoms with Crippen LogP contribution in [0.25, 0.3) is 6.08 Å². The van der Waals surface area contributed by atoms with E-state index in [4.69, 9.17) is 25.2 Å². The van der Waals surface area contributed by atoms with E-state index in [2.05, 4.69) is 45.8 Å². The van der Waals surface area contributed by atoms with Crippen LogP contribution < -0.4 is 15.5 Å². The molecule has 2 aliphatic heterocycles. The van der Waals surface area contributed by atoms with Gasteiger partial charge in [0.15, 0.2) is 17.5 Å². The highest BCUT2D eigenvalue weighted by Gasteiger charge is 2.25. The standard InChI is InChI=1S/C25H39N7O2/c1-29(2)10-11-30-12-14-31(15-13-30)24-23(26)25(32-16-18-34-19-17-32)28-22(27-24)9-6-20-4-7-21(33-3)8-5-20/h4,6-7,9H,5,8,10-19,26H2,1-3H3/b9-6+. The van der Waals surface area contributed by atoms with Crippen LogP contribution in [-0.4, -0.2) is 107 Å². The van der Waals surface area contributed by atoms with Gasteiger partial charge in [-0.05, 0) is 38.2 Å². The summed E-state index contributed by atoms with van der Waals surface area (Å²) in [5, 5.41) is 0. The van der Waals surface area contributed by atoms with Gasteiger partial charge in [0.25, 0.3) is 0 Å². The molecule has 34 heavy (non-hydrogen) atoms. The van der Waals surface area contributed by atoms with Gasteiger partial charge in [-0.3, -0.25) is 4.90 Å². The van der Waals surface area contributed by atoms with Gasteiger partial charge in [-0.15, -0.1) is 0 Å². The first kappa shape index (κ1) is 24.5. The maximum Gasteiger partial charge on any atom is 0.158 e. The molecule has 1 aromatic rings. The molecule has 9 heteroatoms. The molecule has 186 valence electrons. The van der Waals surface area contributed by atoms with Gasteiger partial charge in [0, 0.05) is 58.8 Å². The van der Waals surface area contributed by atoms with E-state index >= 15 is 0 Å². The van der Waals surface area contributed by atoms with Gasteiger partial charge >= 0.3 is 0 Å². The van der Waals surface area contributed by atoms with Gasteiger partial charge in [0.05, 0.1) is 26.1 Å². The second kappa shape index (κ2) is 11.7. The number of morpholine rings is 1. The number of aromatic nitrogens is 2. The van der Waals surface area contributed by atoms with Crippen molar-refractivity contribution in [2.45, 2.75) is 12.8 Å². The predicted molar refractivity (Wildman–Crippen MR) is 138 cm³/mol. The van der Waals surface area contributed by atoms with Crippen LogP contribution in [0.5, 0.6) is 0 Å². The zero-order valence-electron chi connectivity index (χ0n) is 20.9. The lowest BCUT2D eigenvalue weighted by molar-refractivity contribution is 0.122. The Morgan fingerprint density at radius 1 is 0.971 bits per heavy atom. The topological polar surface area (TPSA) is 83.2 Å². The van der Waals surface area contributed by atoms with Crippen LogP contribution in [0.4, 0.5) is 17.3 Å². The van der Waals surface area contributed by atoms with Crippen molar-refractivity contribution in [2.75, 3.05) is 102 Å². The summed E-state index contributed by atoms with van der Waals surface area (Å²) < 4.78 is 10.9. The van der Waals surface area contributed by atoms with Gasteiger partial charge in [-0.1, -0.05) is 12.2 Å². The first-order valence-corrected chi connectivity index (χ1v) is 12.3. The summed E-state index contributed by atoms with van der Waals surface area (Å²) in [6.45, 7) is 8.96. The van der Waals surface area contributed by atoms with Crippen LogP contribution >= 0.6 is 0 Å². The van der Waals surface area contributed by atoms with E-state index in [0.717, 1.165) is 82.6 Å². The van der Waals surface area contributed by atoms with Crippen LogP contribution in [0.2, 0.25) is 0 Å². The largest absolute Gasteiger partial charge is 0.501 e. The molecule has 0 radical (unpaired) electrons. The number of anilines is 3. The van der Waals surface area contributed by atoms with Crippen LogP contribution in [-0.2, 0) is 9.47 Å². The molecule has 9 nitrogen and oxygen atoms in total. The van der Waals surface area contributed by atoms with Crippen molar-refractivity contribution in [3.63, 3.8) is 0 Å². The Balaban J connectivity index is 1.55. The molecule has 0 amide bonds. The van der Waals surface area contributed by atoms with Crippen molar-refractivity contribution >= 4 is 23.4 Å². The van der Waals surface area contributed by atoms with Crippen LogP contribution in [0.3, 0.4) is 0 Å². The summed E-state index contributed by atoms with van der Waals surface area (Å²) in [4.78, 5) is 19.1. The maximum absolute atomic E-state index is 6.69. The number of rotatable bonds is 8. The second-order valence-electron chi connectivity index (χ2n) is 9.29. The number of piperazine rings is 1. The molecule has 0 spiro atoms. The fourth-order valence-electron chi connectivity index (χ4n) is 4.44. The Morgan fingerprint density at radius 3 is 2.24 bits per heavy atom. The number of ether oxygens (including phenoxy) is 2. The average molecular weight is 470 g/mol. The van der Waals surface area contributed by atoms with Crippen molar-refractivity contribution in [3.8, 4) is 0 Å². The fourth-order valence-corrected chi connectivity index (χ4v) is 4.44. The van der Waals surface area contributed by atoms with E-state index in [-0.39, 0.29) is 0 Å². The first-order chi connectivity index (χ1) is 16.5. The highest BCUT2D eigenvalue weighted by molar-refractivity contribution is 5.77. The number of nitrogen functional groups attached to an aromatic ring is 1. The molecule has 0 saturated carbocycles. The van der Waals surface area contributed by atoms with E-state index in [1.54, 1.807) is 7.11 Å². The van der Waals surface area contributed by atoms with Gasteiger partial charge in [-0.2, -0.15) is 0 Å². The van der Waals surface area contributed by atoms with Gasteiger partial charge in [-0.25, -0.2) is 9.97 Å². The molecule has 3 aliphatic rings. The Morgan fingerprint density at radius 2 is 1.65 bits per heavy atom. The quantitative estimate of drug-likeness (QED) is 0.613. The summed E-state index contributed by atoms with van der Waals surface area (Å²) in [5.74, 6) is 3.38. The molecule has 0 unspecified atom stereocenters. The van der Waals surface area contributed by atoms with Crippen LogP contribution in [0.1, 0.15) is 18.7 Å². The Kier molecular flexibility index (Phi) is 8.42. The van der Waals surface area contributed by atoms with E-state index in [0.29, 0.717) is 24.7 Å². The molecule has 1 aliphatic carbocycles. The predicted octanol–water partition coefficient (Wildman–Crippen LogP) is 1.84. The third kappa shape index (κ3) is 6.28. The molecule has 0 atom stereocenters. The molecule has 4 rings (SSSR count). The Hall–Kier alpha value is -2.62. The molecule has 2 saturated heterocycles. The number of likely N-dealkylation sites (N-methyl/N-ethyl adjacent to an activating group) is 1. The van der Waals surface area contributed by atoms with Gasteiger partial charge in [0.2, 0.25) is 0 Å². The summed E-state index contributed by atoms with van der Waals surface area (Å²) in [6, 6.07) is 0. The summed E-state index contributed by atoms with van der Waals surface area (Å²) in [7, 11) is 5.96. The Labute approximate surface area is 203 Å². The van der Waals surface area contributed by atoms with Crippen molar-refractivity contribution in [3.05, 3.63) is 35.4 Å². The molecule has 1 aromatic heterocycles. The second-order valence-corrected chi connectivity index (χ2v) is 9.29. The van der Waals surface area contributed by atoms with Crippen LogP contribution in [0.15, 0.2) is 29.6 Å². The lowest BCUT2D eigenvalue weighted by Gasteiger charge is -2.37. The van der Waals surface area contributed by atoms with Gasteiger partial charge in [0.1, 0.15) is 5.69 Å². The van der Waals surface area contributed by atoms with E-state index in [9.17, 15) is 0 Å². The zero-order valence-corrected chi connectivity index (χ0v) is 20.9. The monoisotopic (exact) mass is 469 g/mol. The van der Waals surface area contributed by atoms with E-state index in [1.165, 1.54) is 5.57 Å². The summed E-state index contributed by atoms with van der Waals surface area (Å²) >= 11 is 0. The number of nitrogens with two attached hydrogens (primary N) is 1. The number of allylic oxidation sites excluding steroid dienone is 5. The average Bonchev–Trinajstić information content (AvgIpc) is 2.88. The highest BCUT2D eigenvalue weighted by Crippen LogP contribution is 2.32. The minimum Gasteiger partial charge on any atom is -0.501 e. The Bertz CT molecular complexity index is 914.